The first-order valence-electron chi connectivity index (χ1n) is 6.81. The topological polar surface area (TPSA) is 64.6 Å². The Hall–Kier alpha value is -2.34. The van der Waals surface area contributed by atoms with Crippen LogP contribution in [-0.4, -0.2) is 25.6 Å². The minimum atomic E-state index is -0.471. The van der Waals surface area contributed by atoms with E-state index in [0.717, 1.165) is 6.42 Å². The van der Waals surface area contributed by atoms with E-state index < -0.39 is 5.97 Å². The molecule has 1 amide bonds. The number of ether oxygens (including phenoxy) is 2. The first kappa shape index (κ1) is 16.0. The molecule has 0 fully saturated rings. The lowest BCUT2D eigenvalue weighted by Crippen LogP contribution is -2.21. The zero-order valence-electron chi connectivity index (χ0n) is 12.4. The number of amides is 1. The number of methoxy groups -OCH3 is 1. The van der Waals surface area contributed by atoms with Crippen molar-refractivity contribution >= 4 is 28.9 Å². The van der Waals surface area contributed by atoms with Gasteiger partial charge in [-0.1, -0.05) is 19.1 Å². The molecule has 6 heteroatoms. The SMILES string of the molecule is CCc1ccc(OCC(=O)Nc2ccsc2C(=O)OC)cc1. The van der Waals surface area contributed by atoms with Crippen LogP contribution in [0.4, 0.5) is 5.69 Å². The molecular weight excluding hydrogens is 302 g/mol. The van der Waals surface area contributed by atoms with E-state index in [9.17, 15) is 9.59 Å². The lowest BCUT2D eigenvalue weighted by molar-refractivity contribution is -0.118. The summed E-state index contributed by atoms with van der Waals surface area (Å²) in [6, 6.07) is 9.24. The average molecular weight is 319 g/mol. The molecule has 0 saturated heterocycles. The zero-order valence-corrected chi connectivity index (χ0v) is 13.2. The van der Waals surface area contributed by atoms with Crippen LogP contribution < -0.4 is 10.1 Å². The molecule has 0 aliphatic carbocycles. The average Bonchev–Trinajstić information content (AvgIpc) is 3.00. The van der Waals surface area contributed by atoms with Crippen LogP contribution in [0, 0.1) is 0 Å². The predicted octanol–water partition coefficient (Wildman–Crippen LogP) is 3.11. The lowest BCUT2D eigenvalue weighted by Gasteiger charge is -2.08. The van der Waals surface area contributed by atoms with Crippen LogP contribution in [0.3, 0.4) is 0 Å². The molecule has 0 aliphatic heterocycles. The van der Waals surface area contributed by atoms with Crippen molar-refractivity contribution in [2.75, 3.05) is 19.0 Å². The Bertz CT molecular complexity index is 648. The third-order valence-corrected chi connectivity index (χ3v) is 3.91. The monoisotopic (exact) mass is 319 g/mol. The molecule has 5 nitrogen and oxygen atoms in total. The van der Waals surface area contributed by atoms with Crippen LogP contribution in [-0.2, 0) is 16.0 Å². The van der Waals surface area contributed by atoms with Crippen molar-refractivity contribution in [1.82, 2.24) is 0 Å². The van der Waals surface area contributed by atoms with Gasteiger partial charge in [-0.15, -0.1) is 11.3 Å². The fourth-order valence-corrected chi connectivity index (χ4v) is 2.58. The van der Waals surface area contributed by atoms with Gasteiger partial charge in [0.15, 0.2) is 6.61 Å². The molecule has 0 aliphatic rings. The summed E-state index contributed by atoms with van der Waals surface area (Å²) in [6.45, 7) is 1.95. The Kier molecular flexibility index (Phi) is 5.55. The fourth-order valence-electron chi connectivity index (χ4n) is 1.82. The van der Waals surface area contributed by atoms with Crippen molar-refractivity contribution in [2.45, 2.75) is 13.3 Å². The van der Waals surface area contributed by atoms with E-state index in [1.54, 1.807) is 11.4 Å². The number of carbonyl (C=O) groups excluding carboxylic acids is 2. The number of rotatable bonds is 6. The minimum absolute atomic E-state index is 0.123. The van der Waals surface area contributed by atoms with Gasteiger partial charge in [0, 0.05) is 0 Å². The van der Waals surface area contributed by atoms with Gasteiger partial charge in [-0.2, -0.15) is 0 Å². The number of esters is 1. The number of anilines is 1. The highest BCUT2D eigenvalue weighted by Gasteiger charge is 2.15. The summed E-state index contributed by atoms with van der Waals surface area (Å²) >= 11 is 1.21. The third kappa shape index (κ3) is 4.08. The summed E-state index contributed by atoms with van der Waals surface area (Å²) in [5, 5.41) is 4.36. The lowest BCUT2D eigenvalue weighted by atomic mass is 10.2. The number of hydrogen-bond donors (Lipinski definition) is 1. The molecule has 0 radical (unpaired) electrons. The number of benzene rings is 1. The summed E-state index contributed by atoms with van der Waals surface area (Å²) in [6.07, 6.45) is 0.954. The van der Waals surface area contributed by atoms with E-state index in [0.29, 0.717) is 16.3 Å². The zero-order chi connectivity index (χ0) is 15.9. The largest absolute Gasteiger partial charge is 0.484 e. The van der Waals surface area contributed by atoms with E-state index in [1.807, 2.05) is 24.3 Å². The van der Waals surface area contributed by atoms with Crippen molar-refractivity contribution in [3.8, 4) is 5.75 Å². The van der Waals surface area contributed by atoms with Crippen LogP contribution in [0.1, 0.15) is 22.2 Å². The minimum Gasteiger partial charge on any atom is -0.484 e. The molecule has 0 bridgehead atoms. The Morgan fingerprint density at radius 2 is 1.91 bits per heavy atom. The molecular formula is C16H17NO4S. The molecule has 0 atom stereocenters. The number of aryl methyl sites for hydroxylation is 1. The van der Waals surface area contributed by atoms with Gasteiger partial charge >= 0.3 is 5.97 Å². The maximum absolute atomic E-state index is 11.9. The van der Waals surface area contributed by atoms with E-state index in [-0.39, 0.29) is 12.5 Å². The van der Waals surface area contributed by atoms with Crippen molar-refractivity contribution in [1.29, 1.82) is 0 Å². The van der Waals surface area contributed by atoms with Gasteiger partial charge in [0.25, 0.3) is 5.91 Å². The smallest absolute Gasteiger partial charge is 0.350 e. The molecule has 2 aromatic rings. The fraction of sp³-hybridized carbons (Fsp3) is 0.250. The molecule has 1 aromatic carbocycles. The second kappa shape index (κ2) is 7.61. The van der Waals surface area contributed by atoms with Gasteiger partial charge < -0.3 is 14.8 Å². The van der Waals surface area contributed by atoms with E-state index in [4.69, 9.17) is 4.74 Å². The maximum Gasteiger partial charge on any atom is 0.350 e. The van der Waals surface area contributed by atoms with Crippen molar-refractivity contribution in [3.63, 3.8) is 0 Å². The van der Waals surface area contributed by atoms with Gasteiger partial charge in [-0.05, 0) is 35.6 Å². The Morgan fingerprint density at radius 3 is 2.55 bits per heavy atom. The van der Waals surface area contributed by atoms with E-state index >= 15 is 0 Å². The highest BCUT2D eigenvalue weighted by Crippen LogP contribution is 2.23. The first-order chi connectivity index (χ1) is 10.6. The molecule has 0 spiro atoms. The molecule has 0 unspecified atom stereocenters. The van der Waals surface area contributed by atoms with Crippen molar-refractivity contribution in [2.24, 2.45) is 0 Å². The summed E-state index contributed by atoms with van der Waals surface area (Å²) in [7, 11) is 1.30. The molecule has 0 saturated carbocycles. The predicted molar refractivity (Wildman–Crippen MR) is 85.6 cm³/mol. The van der Waals surface area contributed by atoms with Gasteiger partial charge in [-0.3, -0.25) is 4.79 Å². The number of carbonyl (C=O) groups is 2. The third-order valence-electron chi connectivity index (χ3n) is 3.01. The summed E-state index contributed by atoms with van der Waals surface area (Å²) in [5.74, 6) is -0.171. The van der Waals surface area contributed by atoms with Crippen LogP contribution in [0.25, 0.3) is 0 Å². The van der Waals surface area contributed by atoms with Crippen LogP contribution in [0.15, 0.2) is 35.7 Å². The quantitative estimate of drug-likeness (QED) is 0.831. The molecule has 1 heterocycles. The highest BCUT2D eigenvalue weighted by atomic mass is 32.1. The maximum atomic E-state index is 11.9. The van der Waals surface area contributed by atoms with Crippen molar-refractivity contribution < 1.29 is 19.1 Å². The standard InChI is InChI=1S/C16H17NO4S/c1-3-11-4-6-12(7-5-11)21-10-14(18)17-13-8-9-22-15(13)16(19)20-2/h4-9H,3,10H2,1-2H3,(H,17,18). The second-order valence-electron chi connectivity index (χ2n) is 4.49. The molecule has 2 rings (SSSR count). The number of nitrogens with one attached hydrogen (secondary N) is 1. The van der Waals surface area contributed by atoms with Gasteiger partial charge in [0.1, 0.15) is 10.6 Å². The van der Waals surface area contributed by atoms with Crippen molar-refractivity contribution in [3.05, 3.63) is 46.2 Å². The number of thiophene rings is 1. The molecule has 1 N–H and O–H groups in total. The first-order valence-corrected chi connectivity index (χ1v) is 7.69. The van der Waals surface area contributed by atoms with Crippen LogP contribution >= 0.6 is 11.3 Å². The summed E-state index contributed by atoms with van der Waals surface area (Å²) < 4.78 is 10.1. The Labute approximate surface area is 132 Å². The Balaban J connectivity index is 1.90. The van der Waals surface area contributed by atoms with E-state index in [1.165, 1.54) is 24.0 Å². The Morgan fingerprint density at radius 1 is 1.18 bits per heavy atom. The number of hydrogen-bond acceptors (Lipinski definition) is 5. The van der Waals surface area contributed by atoms with E-state index in [2.05, 4.69) is 17.0 Å². The van der Waals surface area contributed by atoms with Crippen LogP contribution in [0.5, 0.6) is 5.75 Å². The molecule has 22 heavy (non-hydrogen) atoms. The summed E-state index contributed by atoms with van der Waals surface area (Å²) in [4.78, 5) is 23.8. The van der Waals surface area contributed by atoms with Gasteiger partial charge in [0.2, 0.25) is 0 Å². The van der Waals surface area contributed by atoms with Gasteiger partial charge in [-0.25, -0.2) is 4.79 Å². The second-order valence-corrected chi connectivity index (χ2v) is 5.41. The van der Waals surface area contributed by atoms with Crippen LogP contribution in [0.2, 0.25) is 0 Å². The molecule has 1 aromatic heterocycles. The summed E-state index contributed by atoms with van der Waals surface area (Å²) in [5.41, 5.74) is 1.64. The normalized spacial score (nSPS) is 10.1. The van der Waals surface area contributed by atoms with Gasteiger partial charge in [0.05, 0.1) is 12.8 Å². The highest BCUT2D eigenvalue weighted by molar-refractivity contribution is 7.12. The molecule has 116 valence electrons.